The van der Waals surface area contributed by atoms with Crippen LogP contribution in [0.25, 0.3) is 10.9 Å². The molecule has 7 nitrogen and oxygen atoms in total. The maximum Gasteiger partial charge on any atom is 0.410 e. The normalized spacial score (nSPS) is 20.8. The summed E-state index contributed by atoms with van der Waals surface area (Å²) in [6, 6.07) is 4.84. The smallest absolute Gasteiger partial charge is 0.410 e. The van der Waals surface area contributed by atoms with Crippen molar-refractivity contribution in [3.05, 3.63) is 30.0 Å². The average molecular weight is 470 g/mol. The molecule has 0 unspecified atom stereocenters. The molecule has 2 amide bonds. The third-order valence-electron chi connectivity index (χ3n) is 5.85. The highest BCUT2D eigenvalue weighted by Crippen LogP contribution is 2.40. The average Bonchev–Trinajstić information content (AvgIpc) is 3.30. The van der Waals surface area contributed by atoms with Gasteiger partial charge in [0.05, 0.1) is 18.6 Å². The maximum absolute atomic E-state index is 15.7. The van der Waals surface area contributed by atoms with Crippen molar-refractivity contribution in [2.45, 2.75) is 63.6 Å². The first-order valence-corrected chi connectivity index (χ1v) is 10.8. The predicted octanol–water partition coefficient (Wildman–Crippen LogP) is 4.01. The quantitative estimate of drug-likeness (QED) is 0.636. The number of fused-ring (bicyclic) bond motifs is 1. The summed E-state index contributed by atoms with van der Waals surface area (Å²) in [6.45, 7) is 4.19. The van der Waals surface area contributed by atoms with E-state index in [4.69, 9.17) is 4.74 Å². The number of carbonyl (C=O) groups excluding carboxylic acids is 2. The van der Waals surface area contributed by atoms with Gasteiger partial charge in [-0.3, -0.25) is 9.48 Å². The molecule has 1 aromatic carbocycles. The Bertz CT molecular complexity index is 1070. The predicted molar refractivity (Wildman–Crippen MR) is 111 cm³/mol. The van der Waals surface area contributed by atoms with Crippen molar-refractivity contribution in [3.63, 3.8) is 0 Å². The first-order valence-electron chi connectivity index (χ1n) is 10.8. The number of rotatable bonds is 3. The van der Waals surface area contributed by atoms with Crippen LogP contribution >= 0.6 is 0 Å². The molecule has 0 N–H and O–H groups in total. The van der Waals surface area contributed by atoms with Crippen molar-refractivity contribution in [3.8, 4) is 0 Å². The number of hydrogen-bond acceptors (Lipinski definition) is 4. The topological polar surface area (TPSA) is 67.7 Å². The Kier molecular flexibility index (Phi) is 5.57. The minimum Gasteiger partial charge on any atom is -0.444 e. The van der Waals surface area contributed by atoms with E-state index in [0.717, 1.165) is 4.90 Å². The Hall–Kier alpha value is -2.85. The lowest BCUT2D eigenvalue weighted by Crippen LogP contribution is -2.59. The standard InChI is InChI=1S/C22H26F4N4O3/c1-20(2,3)33-19(32)28-12-21(23,13-28)18-14-7-4-5-8-15(14)30(27-18)11-17(31)29-10-6-9-16(29)22(24,25)26/h4-5,7-8,16H,6,9-13H2,1-3H3/t16-/m0/s1. The highest BCUT2D eigenvalue weighted by molar-refractivity contribution is 5.85. The molecule has 0 saturated carbocycles. The summed E-state index contributed by atoms with van der Waals surface area (Å²) >= 11 is 0. The van der Waals surface area contributed by atoms with Gasteiger partial charge in [-0.2, -0.15) is 18.3 Å². The van der Waals surface area contributed by atoms with Crippen molar-refractivity contribution in [2.24, 2.45) is 0 Å². The van der Waals surface area contributed by atoms with Gasteiger partial charge in [-0.05, 0) is 39.7 Å². The molecular formula is C22H26F4N4O3. The van der Waals surface area contributed by atoms with Gasteiger partial charge in [-0.15, -0.1) is 0 Å². The zero-order valence-electron chi connectivity index (χ0n) is 18.7. The Morgan fingerprint density at radius 3 is 2.48 bits per heavy atom. The fraction of sp³-hybridized carbons (Fsp3) is 0.591. The largest absolute Gasteiger partial charge is 0.444 e. The fourth-order valence-corrected chi connectivity index (χ4v) is 4.37. The Morgan fingerprint density at radius 1 is 1.18 bits per heavy atom. The molecule has 11 heteroatoms. The summed E-state index contributed by atoms with van der Waals surface area (Å²) in [5, 5.41) is 4.73. The van der Waals surface area contributed by atoms with E-state index in [1.807, 2.05) is 0 Å². The molecule has 2 fully saturated rings. The zero-order chi connectivity index (χ0) is 24.2. The molecule has 2 aliphatic rings. The van der Waals surface area contributed by atoms with E-state index < -0.39 is 42.0 Å². The highest BCUT2D eigenvalue weighted by Gasteiger charge is 2.51. The van der Waals surface area contributed by atoms with Gasteiger partial charge in [0, 0.05) is 11.9 Å². The number of likely N-dealkylation sites (tertiary alicyclic amines) is 2. The van der Waals surface area contributed by atoms with Gasteiger partial charge in [0.2, 0.25) is 5.91 Å². The Balaban J connectivity index is 1.56. The molecule has 1 aromatic heterocycles. The van der Waals surface area contributed by atoms with E-state index in [-0.39, 0.29) is 38.2 Å². The third kappa shape index (κ3) is 4.49. The van der Waals surface area contributed by atoms with Crippen LogP contribution in [0.3, 0.4) is 0 Å². The number of alkyl halides is 4. The zero-order valence-corrected chi connectivity index (χ0v) is 18.7. The number of benzene rings is 1. The van der Waals surface area contributed by atoms with Crippen molar-refractivity contribution >= 4 is 22.9 Å². The third-order valence-corrected chi connectivity index (χ3v) is 5.85. The molecule has 2 aromatic rings. The number of amides is 2. The van der Waals surface area contributed by atoms with E-state index in [2.05, 4.69) is 5.10 Å². The Labute approximate surface area is 188 Å². The second kappa shape index (κ2) is 7.88. The number of hydrogen-bond donors (Lipinski definition) is 0. The second-order valence-electron chi connectivity index (χ2n) is 9.61. The van der Waals surface area contributed by atoms with Gasteiger partial charge in [0.1, 0.15) is 23.9 Å². The SMILES string of the molecule is CC(C)(C)OC(=O)N1CC(F)(c2nn(CC(=O)N3CCC[C@H]3C(F)(F)F)c3ccccc23)C1. The molecule has 0 aliphatic carbocycles. The summed E-state index contributed by atoms with van der Waals surface area (Å²) in [6.07, 6.45) is -4.99. The molecule has 2 aliphatic heterocycles. The number of aromatic nitrogens is 2. The monoisotopic (exact) mass is 470 g/mol. The minimum absolute atomic E-state index is 0.0208. The van der Waals surface area contributed by atoms with Crippen LogP contribution in [0.1, 0.15) is 39.3 Å². The summed E-state index contributed by atoms with van der Waals surface area (Å²) in [4.78, 5) is 27.0. The van der Waals surface area contributed by atoms with Gasteiger partial charge in [-0.25, -0.2) is 9.18 Å². The number of ether oxygens (including phenoxy) is 1. The van der Waals surface area contributed by atoms with Crippen molar-refractivity contribution in [2.75, 3.05) is 19.6 Å². The van der Waals surface area contributed by atoms with Gasteiger partial charge in [-0.1, -0.05) is 18.2 Å². The van der Waals surface area contributed by atoms with Crippen molar-refractivity contribution < 1.29 is 31.9 Å². The van der Waals surface area contributed by atoms with Crippen LogP contribution in [-0.2, 0) is 21.7 Å². The number of carbonyl (C=O) groups is 2. The van der Waals surface area contributed by atoms with Crippen LogP contribution in [0.2, 0.25) is 0 Å². The molecule has 0 bridgehead atoms. The summed E-state index contributed by atoms with van der Waals surface area (Å²) in [5.41, 5.74) is -2.17. The first-order chi connectivity index (χ1) is 15.3. The van der Waals surface area contributed by atoms with E-state index >= 15 is 4.39 Å². The summed E-state index contributed by atoms with van der Waals surface area (Å²) < 4.78 is 62.0. The molecule has 0 spiro atoms. The lowest BCUT2D eigenvalue weighted by Gasteiger charge is -2.43. The molecule has 0 radical (unpaired) electrons. The van der Waals surface area contributed by atoms with Crippen molar-refractivity contribution in [1.29, 1.82) is 0 Å². The van der Waals surface area contributed by atoms with Gasteiger partial charge in [0.15, 0.2) is 5.67 Å². The Morgan fingerprint density at radius 2 is 1.85 bits per heavy atom. The summed E-state index contributed by atoms with van der Waals surface area (Å²) in [7, 11) is 0. The van der Waals surface area contributed by atoms with Crippen LogP contribution in [0.4, 0.5) is 22.4 Å². The maximum atomic E-state index is 15.7. The number of para-hydroxylation sites is 1. The highest BCUT2D eigenvalue weighted by atomic mass is 19.4. The van der Waals surface area contributed by atoms with E-state index in [0.29, 0.717) is 10.9 Å². The van der Waals surface area contributed by atoms with Gasteiger partial charge in [0.25, 0.3) is 0 Å². The molecule has 1 atom stereocenters. The molecule has 180 valence electrons. The fourth-order valence-electron chi connectivity index (χ4n) is 4.37. The molecular weight excluding hydrogens is 444 g/mol. The lowest BCUT2D eigenvalue weighted by molar-refractivity contribution is -0.183. The lowest BCUT2D eigenvalue weighted by atomic mass is 9.91. The molecule has 3 heterocycles. The molecule has 33 heavy (non-hydrogen) atoms. The first kappa shape index (κ1) is 23.3. The van der Waals surface area contributed by atoms with Crippen LogP contribution in [-0.4, -0.2) is 69.0 Å². The van der Waals surface area contributed by atoms with Gasteiger partial charge >= 0.3 is 12.3 Å². The minimum atomic E-state index is -4.50. The van der Waals surface area contributed by atoms with E-state index in [9.17, 15) is 22.8 Å². The van der Waals surface area contributed by atoms with Crippen LogP contribution in [0.15, 0.2) is 24.3 Å². The van der Waals surface area contributed by atoms with Crippen molar-refractivity contribution in [1.82, 2.24) is 19.6 Å². The number of halogens is 4. The van der Waals surface area contributed by atoms with Crippen LogP contribution in [0, 0.1) is 0 Å². The van der Waals surface area contributed by atoms with Gasteiger partial charge < -0.3 is 14.5 Å². The molecule has 2 saturated heterocycles. The molecule has 4 rings (SSSR count). The summed E-state index contributed by atoms with van der Waals surface area (Å²) in [5.74, 6) is -0.716. The van der Waals surface area contributed by atoms with E-state index in [1.165, 1.54) is 9.58 Å². The van der Waals surface area contributed by atoms with E-state index in [1.54, 1.807) is 45.0 Å². The van der Waals surface area contributed by atoms with Crippen LogP contribution in [0.5, 0.6) is 0 Å². The number of nitrogens with zero attached hydrogens (tertiary/aromatic N) is 4. The second-order valence-corrected chi connectivity index (χ2v) is 9.61. The van der Waals surface area contributed by atoms with Crippen LogP contribution < -0.4 is 0 Å².